The number of hydrogen-bond donors (Lipinski definition) is 2. The van der Waals surface area contributed by atoms with Gasteiger partial charge in [0.15, 0.2) is 5.88 Å². The molecule has 2 heterocycles. The van der Waals surface area contributed by atoms with E-state index in [1.807, 2.05) is 6.07 Å². The Balaban J connectivity index is 1.34. The molecule has 0 atom stereocenters. The first kappa shape index (κ1) is 21.7. The molecule has 1 saturated heterocycles. The van der Waals surface area contributed by atoms with Gasteiger partial charge in [-0.15, -0.1) is 0 Å². The summed E-state index contributed by atoms with van der Waals surface area (Å²) in [5.74, 6) is 1.61. The molecule has 1 aromatic rings. The van der Waals surface area contributed by atoms with Crippen LogP contribution in [0.3, 0.4) is 0 Å². The molecule has 0 spiro atoms. The van der Waals surface area contributed by atoms with Crippen molar-refractivity contribution < 1.29 is 9.53 Å². The van der Waals surface area contributed by atoms with Crippen LogP contribution in [0.25, 0.3) is 0 Å². The summed E-state index contributed by atoms with van der Waals surface area (Å²) < 4.78 is 5.89. The molecule has 160 valence electrons. The lowest BCUT2D eigenvalue weighted by molar-refractivity contribution is -0.116. The number of hydrogen-bond acceptors (Lipinski definition) is 4. The predicted octanol–water partition coefficient (Wildman–Crippen LogP) is 4.44. The van der Waals surface area contributed by atoms with Gasteiger partial charge in [0.1, 0.15) is 5.60 Å². The molecule has 0 saturated carbocycles. The quantitative estimate of drug-likeness (QED) is 0.666. The Kier molecular flexibility index (Phi) is 7.23. The Morgan fingerprint density at radius 2 is 2.03 bits per heavy atom. The summed E-state index contributed by atoms with van der Waals surface area (Å²) in [6, 6.07) is 6.28. The second-order valence-electron chi connectivity index (χ2n) is 9.39. The molecule has 5 heteroatoms. The van der Waals surface area contributed by atoms with Gasteiger partial charge in [-0.2, -0.15) is 0 Å². The molecule has 0 aliphatic carbocycles. The summed E-state index contributed by atoms with van der Waals surface area (Å²) in [6.07, 6.45) is 5.98. The number of nitrogens with one attached hydrogen (secondary N) is 2. The first-order chi connectivity index (χ1) is 13.8. The zero-order valence-corrected chi connectivity index (χ0v) is 18.4. The number of fused-ring (bicyclic) bond motifs is 1. The Morgan fingerprint density at radius 1 is 1.28 bits per heavy atom. The van der Waals surface area contributed by atoms with E-state index in [1.54, 1.807) is 0 Å². The van der Waals surface area contributed by atoms with E-state index < -0.39 is 0 Å². The maximum Gasteiger partial charge on any atom is 0.224 e. The summed E-state index contributed by atoms with van der Waals surface area (Å²) >= 11 is 0. The van der Waals surface area contributed by atoms with Crippen molar-refractivity contribution in [2.75, 3.05) is 25.0 Å². The fraction of sp³-hybridized carbons (Fsp3) is 0.625. The van der Waals surface area contributed by atoms with Crippen molar-refractivity contribution in [3.05, 3.63) is 41.8 Å². The highest BCUT2D eigenvalue weighted by Crippen LogP contribution is 2.26. The van der Waals surface area contributed by atoms with E-state index in [2.05, 4.69) is 55.0 Å². The molecule has 2 aliphatic heterocycles. The number of carbonyl (C=O) groups is 1. The topological polar surface area (TPSA) is 53.6 Å². The highest BCUT2D eigenvalue weighted by Gasteiger charge is 2.23. The van der Waals surface area contributed by atoms with Gasteiger partial charge in [-0.05, 0) is 95.2 Å². The number of likely N-dealkylation sites (tertiary alicyclic amines) is 1. The highest BCUT2D eigenvalue weighted by atomic mass is 16.5. The van der Waals surface area contributed by atoms with Gasteiger partial charge in [-0.3, -0.25) is 4.79 Å². The third-order valence-corrected chi connectivity index (χ3v) is 5.78. The largest absolute Gasteiger partial charge is 0.474 e. The summed E-state index contributed by atoms with van der Waals surface area (Å²) in [5.41, 5.74) is 3.43. The van der Waals surface area contributed by atoms with Crippen molar-refractivity contribution in [1.29, 1.82) is 0 Å². The van der Waals surface area contributed by atoms with E-state index in [1.165, 1.54) is 11.1 Å². The minimum Gasteiger partial charge on any atom is -0.474 e. The molecule has 0 aromatic heterocycles. The van der Waals surface area contributed by atoms with Crippen LogP contribution in [0.1, 0.15) is 64.0 Å². The number of ether oxygens (including phenoxy) is 1. The average molecular weight is 400 g/mol. The molecule has 29 heavy (non-hydrogen) atoms. The summed E-state index contributed by atoms with van der Waals surface area (Å²) in [4.78, 5) is 14.6. The van der Waals surface area contributed by atoms with E-state index >= 15 is 0 Å². The van der Waals surface area contributed by atoms with Gasteiger partial charge in [0.25, 0.3) is 0 Å². The van der Waals surface area contributed by atoms with Crippen LogP contribution < -0.4 is 10.6 Å². The van der Waals surface area contributed by atoms with E-state index in [0.29, 0.717) is 12.3 Å². The number of carbonyl (C=O) groups excluding carboxylic acids is 1. The lowest BCUT2D eigenvalue weighted by atomic mass is 9.91. The van der Waals surface area contributed by atoms with Crippen LogP contribution in [0.5, 0.6) is 0 Å². The van der Waals surface area contributed by atoms with Crippen LogP contribution in [-0.4, -0.2) is 36.0 Å². The molecule has 2 N–H and O–H groups in total. The van der Waals surface area contributed by atoms with Gasteiger partial charge in [-0.1, -0.05) is 6.07 Å². The van der Waals surface area contributed by atoms with Crippen molar-refractivity contribution in [3.8, 4) is 0 Å². The molecule has 2 aliphatic rings. The van der Waals surface area contributed by atoms with Gasteiger partial charge in [-0.25, -0.2) is 0 Å². The van der Waals surface area contributed by atoms with E-state index in [9.17, 15) is 4.79 Å². The van der Waals surface area contributed by atoms with Crippen molar-refractivity contribution >= 4 is 11.6 Å². The molecule has 3 rings (SSSR count). The smallest absolute Gasteiger partial charge is 0.224 e. The van der Waals surface area contributed by atoms with Gasteiger partial charge in [0.05, 0.1) is 0 Å². The Morgan fingerprint density at radius 3 is 2.76 bits per heavy atom. The monoisotopic (exact) mass is 399 g/mol. The van der Waals surface area contributed by atoms with Gasteiger partial charge < -0.3 is 20.3 Å². The Bertz CT molecular complexity index is 715. The van der Waals surface area contributed by atoms with Crippen LogP contribution in [0.4, 0.5) is 5.69 Å². The zero-order chi connectivity index (χ0) is 20.9. The molecule has 0 unspecified atom stereocenters. The number of amides is 1. The third kappa shape index (κ3) is 6.77. The first-order valence-corrected chi connectivity index (χ1v) is 11.1. The van der Waals surface area contributed by atoms with Crippen LogP contribution in [0.15, 0.2) is 30.7 Å². The van der Waals surface area contributed by atoms with Crippen LogP contribution in [0, 0.1) is 5.92 Å². The number of anilines is 1. The first-order valence-electron chi connectivity index (χ1n) is 11.1. The van der Waals surface area contributed by atoms with Crippen molar-refractivity contribution in [2.45, 2.75) is 71.4 Å². The highest BCUT2D eigenvalue weighted by molar-refractivity contribution is 5.90. The lowest BCUT2D eigenvalue weighted by Crippen LogP contribution is -2.36. The fourth-order valence-corrected chi connectivity index (χ4v) is 4.22. The van der Waals surface area contributed by atoms with Crippen LogP contribution in [0.2, 0.25) is 0 Å². The molecule has 1 amide bonds. The molecular formula is C24H37N3O2. The number of benzene rings is 1. The predicted molar refractivity (Wildman–Crippen MR) is 119 cm³/mol. The fourth-order valence-electron chi connectivity index (χ4n) is 4.22. The summed E-state index contributed by atoms with van der Waals surface area (Å²) in [6.45, 7) is 14.2. The number of piperidine rings is 1. The molecule has 5 nitrogen and oxygen atoms in total. The standard InChI is InChI=1S/C24H37N3O2/c1-18(29-24(2,3)4)27-14-11-19(12-15-27)6-5-7-23(28)26-22-9-8-21-17-25-13-10-20(21)16-22/h8-9,16,19,25H,1,5-7,10-15,17H2,2-4H3,(H,26,28). The van der Waals surface area contributed by atoms with E-state index in [0.717, 1.165) is 69.9 Å². The Hall–Kier alpha value is -2.01. The SMILES string of the molecule is C=C(OC(C)(C)C)N1CCC(CCCC(=O)Nc2ccc3c(c2)CCNC3)CC1. The third-order valence-electron chi connectivity index (χ3n) is 5.78. The molecule has 0 radical (unpaired) electrons. The summed E-state index contributed by atoms with van der Waals surface area (Å²) in [5, 5.41) is 6.45. The van der Waals surface area contributed by atoms with Crippen molar-refractivity contribution in [2.24, 2.45) is 5.92 Å². The minimum absolute atomic E-state index is 0.128. The maximum absolute atomic E-state index is 12.3. The average Bonchev–Trinajstić information content (AvgIpc) is 2.67. The van der Waals surface area contributed by atoms with Crippen LogP contribution >= 0.6 is 0 Å². The molecular weight excluding hydrogens is 362 g/mol. The minimum atomic E-state index is -0.198. The molecule has 1 fully saturated rings. The number of nitrogens with zero attached hydrogens (tertiary/aromatic N) is 1. The van der Waals surface area contributed by atoms with Crippen molar-refractivity contribution in [1.82, 2.24) is 10.2 Å². The lowest BCUT2D eigenvalue weighted by Gasteiger charge is -2.36. The summed E-state index contributed by atoms with van der Waals surface area (Å²) in [7, 11) is 0. The van der Waals surface area contributed by atoms with E-state index in [4.69, 9.17) is 4.74 Å². The second-order valence-corrected chi connectivity index (χ2v) is 9.39. The maximum atomic E-state index is 12.3. The van der Waals surface area contributed by atoms with Gasteiger partial charge in [0.2, 0.25) is 5.91 Å². The van der Waals surface area contributed by atoms with Crippen molar-refractivity contribution in [3.63, 3.8) is 0 Å². The molecule has 0 bridgehead atoms. The Labute approximate surface area is 175 Å². The molecule has 1 aromatic carbocycles. The van der Waals surface area contributed by atoms with E-state index in [-0.39, 0.29) is 11.5 Å². The van der Waals surface area contributed by atoms with Gasteiger partial charge >= 0.3 is 0 Å². The van der Waals surface area contributed by atoms with Gasteiger partial charge in [0, 0.05) is 31.7 Å². The second kappa shape index (κ2) is 9.66. The zero-order valence-electron chi connectivity index (χ0n) is 18.4. The normalized spacial score (nSPS) is 17.6. The van der Waals surface area contributed by atoms with Crippen LogP contribution in [-0.2, 0) is 22.5 Å². The number of rotatable bonds is 7.